The number of hydrogen-bond acceptors (Lipinski definition) is 2. The van der Waals surface area contributed by atoms with E-state index in [0.29, 0.717) is 5.92 Å². The highest BCUT2D eigenvalue weighted by Gasteiger charge is 2.25. The van der Waals surface area contributed by atoms with Crippen LogP contribution in [0.2, 0.25) is 0 Å². The molecule has 0 aliphatic rings. The number of rotatable bonds is 3. The number of ether oxygens (including phenoxy) is 1. The van der Waals surface area contributed by atoms with E-state index in [2.05, 4.69) is 46.8 Å². The summed E-state index contributed by atoms with van der Waals surface area (Å²) in [6.07, 6.45) is 0. The minimum atomic E-state index is -0.0175. The molecule has 0 saturated heterocycles. The molecular weight excluding hydrogens is 246 g/mol. The van der Waals surface area contributed by atoms with Crippen molar-refractivity contribution in [1.29, 1.82) is 0 Å². The van der Waals surface area contributed by atoms with Gasteiger partial charge in [0.05, 0.1) is 7.11 Å². The zero-order valence-corrected chi connectivity index (χ0v) is 13.1. The third-order valence-corrected chi connectivity index (χ3v) is 3.19. The standard InChI is InChI=1S/C15H25NO.ClH/c1-10(2)11-7-8-13(17-6)12(9-11)14(16)15(3,4)5;/h7-10,14H,16H2,1-6H3;1H/t14-;/m1./s1. The number of methoxy groups -OCH3 is 1. The van der Waals surface area contributed by atoms with Crippen molar-refractivity contribution in [2.45, 2.75) is 46.6 Å². The van der Waals surface area contributed by atoms with Crippen LogP contribution in [0, 0.1) is 5.41 Å². The highest BCUT2D eigenvalue weighted by atomic mass is 35.5. The lowest BCUT2D eigenvalue weighted by molar-refractivity contribution is 0.314. The Morgan fingerprint density at radius 1 is 1.17 bits per heavy atom. The molecule has 1 atom stereocenters. The Kier molecular flexibility index (Phi) is 6.18. The van der Waals surface area contributed by atoms with Crippen LogP contribution in [0.15, 0.2) is 18.2 Å². The van der Waals surface area contributed by atoms with Crippen LogP contribution in [0.4, 0.5) is 0 Å². The van der Waals surface area contributed by atoms with Crippen molar-refractivity contribution in [3.8, 4) is 5.75 Å². The summed E-state index contributed by atoms with van der Waals surface area (Å²) in [4.78, 5) is 0. The molecule has 0 aliphatic carbocycles. The Hall–Kier alpha value is -0.730. The molecule has 0 unspecified atom stereocenters. The van der Waals surface area contributed by atoms with Gasteiger partial charge >= 0.3 is 0 Å². The second-order valence-corrected chi connectivity index (χ2v) is 6.00. The van der Waals surface area contributed by atoms with Gasteiger partial charge in [0, 0.05) is 11.6 Å². The Morgan fingerprint density at radius 2 is 1.72 bits per heavy atom. The van der Waals surface area contributed by atoms with Crippen molar-refractivity contribution < 1.29 is 4.74 Å². The van der Waals surface area contributed by atoms with Crippen LogP contribution in [0.25, 0.3) is 0 Å². The minimum Gasteiger partial charge on any atom is -0.496 e. The lowest BCUT2D eigenvalue weighted by atomic mass is 9.81. The molecule has 0 amide bonds. The molecule has 2 N–H and O–H groups in total. The average Bonchev–Trinajstić information content (AvgIpc) is 2.25. The number of hydrogen-bond donors (Lipinski definition) is 1. The summed E-state index contributed by atoms with van der Waals surface area (Å²) in [7, 11) is 1.70. The molecule has 3 heteroatoms. The maximum Gasteiger partial charge on any atom is 0.123 e. The monoisotopic (exact) mass is 271 g/mol. The third-order valence-electron chi connectivity index (χ3n) is 3.19. The molecule has 0 saturated carbocycles. The van der Waals surface area contributed by atoms with E-state index in [1.807, 2.05) is 6.07 Å². The molecule has 2 nitrogen and oxygen atoms in total. The summed E-state index contributed by atoms with van der Waals surface area (Å²) in [6.45, 7) is 10.8. The van der Waals surface area contributed by atoms with Gasteiger partial charge < -0.3 is 10.5 Å². The Labute approximate surface area is 117 Å². The molecule has 18 heavy (non-hydrogen) atoms. The molecule has 1 rings (SSSR count). The van der Waals surface area contributed by atoms with Gasteiger partial charge in [0.2, 0.25) is 0 Å². The van der Waals surface area contributed by atoms with Crippen molar-refractivity contribution >= 4 is 12.4 Å². The van der Waals surface area contributed by atoms with Gasteiger partial charge in [0.1, 0.15) is 5.75 Å². The molecule has 0 heterocycles. The third kappa shape index (κ3) is 3.89. The first kappa shape index (κ1) is 17.3. The van der Waals surface area contributed by atoms with Gasteiger partial charge in [-0.1, -0.05) is 46.8 Å². The minimum absolute atomic E-state index is 0. The van der Waals surface area contributed by atoms with Gasteiger partial charge in [0.25, 0.3) is 0 Å². The fourth-order valence-electron chi connectivity index (χ4n) is 1.82. The quantitative estimate of drug-likeness (QED) is 0.890. The fraction of sp³-hybridized carbons (Fsp3) is 0.600. The topological polar surface area (TPSA) is 35.2 Å². The predicted octanol–water partition coefficient (Wildman–Crippen LogP) is 4.29. The van der Waals surface area contributed by atoms with Crippen LogP contribution in [-0.4, -0.2) is 7.11 Å². The van der Waals surface area contributed by atoms with Gasteiger partial charge in [-0.2, -0.15) is 0 Å². The Bertz CT molecular complexity index is 383. The molecule has 1 aromatic rings. The number of benzene rings is 1. The molecular formula is C15H26ClNO. The van der Waals surface area contributed by atoms with E-state index in [4.69, 9.17) is 10.5 Å². The summed E-state index contributed by atoms with van der Waals surface area (Å²) in [5, 5.41) is 0. The van der Waals surface area contributed by atoms with Gasteiger partial charge in [-0.3, -0.25) is 0 Å². The van der Waals surface area contributed by atoms with Crippen LogP contribution in [-0.2, 0) is 0 Å². The van der Waals surface area contributed by atoms with Crippen LogP contribution >= 0.6 is 12.4 Å². The second-order valence-electron chi connectivity index (χ2n) is 6.00. The molecule has 0 aromatic heterocycles. The van der Waals surface area contributed by atoms with E-state index >= 15 is 0 Å². The molecule has 0 radical (unpaired) electrons. The molecule has 0 bridgehead atoms. The van der Waals surface area contributed by atoms with E-state index in [0.717, 1.165) is 11.3 Å². The van der Waals surface area contributed by atoms with Crippen LogP contribution in [0.3, 0.4) is 0 Å². The molecule has 1 aromatic carbocycles. The first-order valence-electron chi connectivity index (χ1n) is 6.20. The lowest BCUT2D eigenvalue weighted by Crippen LogP contribution is -2.26. The normalized spacial score (nSPS) is 13.1. The van der Waals surface area contributed by atoms with E-state index in [-0.39, 0.29) is 23.9 Å². The van der Waals surface area contributed by atoms with Crippen molar-refractivity contribution in [1.82, 2.24) is 0 Å². The second kappa shape index (κ2) is 6.44. The van der Waals surface area contributed by atoms with E-state index in [9.17, 15) is 0 Å². The largest absolute Gasteiger partial charge is 0.496 e. The van der Waals surface area contributed by atoms with Gasteiger partial charge in [0.15, 0.2) is 0 Å². The predicted molar refractivity (Wildman–Crippen MR) is 80.7 cm³/mol. The van der Waals surface area contributed by atoms with Crippen molar-refractivity contribution in [2.24, 2.45) is 11.1 Å². The summed E-state index contributed by atoms with van der Waals surface area (Å²) in [6, 6.07) is 6.30. The van der Waals surface area contributed by atoms with Crippen LogP contribution in [0.1, 0.15) is 57.7 Å². The van der Waals surface area contributed by atoms with Gasteiger partial charge in [-0.15, -0.1) is 12.4 Å². The zero-order valence-electron chi connectivity index (χ0n) is 12.3. The zero-order chi connectivity index (χ0) is 13.2. The van der Waals surface area contributed by atoms with E-state index in [1.54, 1.807) is 7.11 Å². The van der Waals surface area contributed by atoms with Gasteiger partial charge in [-0.05, 0) is 23.0 Å². The van der Waals surface area contributed by atoms with E-state index < -0.39 is 0 Å². The maximum absolute atomic E-state index is 6.34. The van der Waals surface area contributed by atoms with E-state index in [1.165, 1.54) is 5.56 Å². The maximum atomic E-state index is 6.34. The van der Waals surface area contributed by atoms with Crippen molar-refractivity contribution in [3.63, 3.8) is 0 Å². The first-order chi connectivity index (χ1) is 7.77. The van der Waals surface area contributed by atoms with Crippen LogP contribution < -0.4 is 10.5 Å². The molecule has 0 fully saturated rings. The van der Waals surface area contributed by atoms with Crippen molar-refractivity contribution in [2.75, 3.05) is 7.11 Å². The highest BCUT2D eigenvalue weighted by molar-refractivity contribution is 5.85. The van der Waals surface area contributed by atoms with Crippen molar-refractivity contribution in [3.05, 3.63) is 29.3 Å². The average molecular weight is 272 g/mol. The smallest absolute Gasteiger partial charge is 0.123 e. The summed E-state index contributed by atoms with van der Waals surface area (Å²) in [5.74, 6) is 1.39. The Balaban J connectivity index is 0.00000289. The summed E-state index contributed by atoms with van der Waals surface area (Å²) >= 11 is 0. The molecule has 0 spiro atoms. The molecule has 104 valence electrons. The fourth-order valence-corrected chi connectivity index (χ4v) is 1.82. The summed E-state index contributed by atoms with van der Waals surface area (Å²) in [5.41, 5.74) is 8.78. The Morgan fingerprint density at radius 3 is 2.11 bits per heavy atom. The summed E-state index contributed by atoms with van der Waals surface area (Å²) < 4.78 is 5.42. The molecule has 0 aliphatic heterocycles. The number of nitrogens with two attached hydrogens (primary N) is 1. The van der Waals surface area contributed by atoms with Crippen LogP contribution in [0.5, 0.6) is 5.75 Å². The number of halogens is 1. The SMILES string of the molecule is COc1ccc(C(C)C)cc1[C@@H](N)C(C)(C)C.Cl. The van der Waals surface area contributed by atoms with Gasteiger partial charge in [-0.25, -0.2) is 0 Å². The first-order valence-corrected chi connectivity index (χ1v) is 6.20. The lowest BCUT2D eigenvalue weighted by Gasteiger charge is -2.29. The highest BCUT2D eigenvalue weighted by Crippen LogP contribution is 2.36.